The van der Waals surface area contributed by atoms with Crippen LogP contribution in [0.3, 0.4) is 0 Å². The van der Waals surface area contributed by atoms with Crippen LogP contribution in [0, 0.1) is 12.3 Å². The lowest BCUT2D eigenvalue weighted by molar-refractivity contribution is 0.132. The minimum atomic E-state index is 0. The van der Waals surface area contributed by atoms with Crippen molar-refractivity contribution >= 4 is 29.0 Å². The molecule has 2 N–H and O–H groups in total. The summed E-state index contributed by atoms with van der Waals surface area (Å²) in [4.78, 5) is 8.85. The molecule has 0 unspecified atom stereocenters. The van der Waals surface area contributed by atoms with Crippen LogP contribution in [0.25, 0.3) is 22.2 Å². The van der Waals surface area contributed by atoms with E-state index in [2.05, 4.69) is 15.9 Å². The molecule has 0 saturated heterocycles. The maximum Gasteiger partial charge on any atom is 0.163 e. The van der Waals surface area contributed by atoms with Crippen molar-refractivity contribution in [3.8, 4) is 35.1 Å². The third kappa shape index (κ3) is 5.10. The van der Waals surface area contributed by atoms with Gasteiger partial charge in [-0.1, -0.05) is 12.0 Å². The van der Waals surface area contributed by atoms with Crippen LogP contribution in [0.4, 0.5) is 5.69 Å². The molecule has 1 heterocycles. The zero-order chi connectivity index (χ0) is 20.6. The number of nitrogens with zero attached hydrogens (tertiary/aromatic N) is 2. The van der Waals surface area contributed by atoms with Gasteiger partial charge in [-0.3, -0.25) is 0 Å². The van der Waals surface area contributed by atoms with Crippen LogP contribution >= 0.6 is 12.4 Å². The zero-order valence-electron chi connectivity index (χ0n) is 16.9. The number of hydrogen-bond acceptors (Lipinski definition) is 7. The van der Waals surface area contributed by atoms with Gasteiger partial charge >= 0.3 is 0 Å². The summed E-state index contributed by atoms with van der Waals surface area (Å²) in [5, 5.41) is 0.758. The second kappa shape index (κ2) is 11.2. The molecule has 0 aliphatic carbocycles. The van der Waals surface area contributed by atoms with Crippen molar-refractivity contribution in [2.75, 3.05) is 46.4 Å². The topological polar surface area (TPSA) is 88.7 Å². The predicted octanol–water partition coefficient (Wildman–Crippen LogP) is 3.33. The van der Waals surface area contributed by atoms with Crippen LogP contribution < -0.4 is 15.2 Å². The van der Waals surface area contributed by atoms with Gasteiger partial charge in [0.2, 0.25) is 0 Å². The lowest BCUT2D eigenvalue weighted by Gasteiger charge is -2.15. The van der Waals surface area contributed by atoms with Crippen molar-refractivity contribution < 1.29 is 18.9 Å². The van der Waals surface area contributed by atoms with E-state index >= 15 is 0 Å². The molecule has 0 radical (unpaired) electrons. The van der Waals surface area contributed by atoms with Crippen molar-refractivity contribution in [1.29, 1.82) is 0 Å². The van der Waals surface area contributed by atoms with Gasteiger partial charge < -0.3 is 24.7 Å². The molecular weight excluding hydrogens is 406 g/mol. The summed E-state index contributed by atoms with van der Waals surface area (Å²) in [6, 6.07) is 9.10. The number of methoxy groups -OCH3 is 2. The summed E-state index contributed by atoms with van der Waals surface area (Å²) in [7, 11) is 3.23. The van der Waals surface area contributed by atoms with Crippen molar-refractivity contribution in [3.05, 3.63) is 42.2 Å². The molecule has 158 valence electrons. The molecule has 3 rings (SSSR count). The third-order valence-electron chi connectivity index (χ3n) is 4.28. The molecule has 0 atom stereocenters. The molecule has 0 bridgehead atoms. The van der Waals surface area contributed by atoms with Gasteiger partial charge in [-0.05, 0) is 18.2 Å². The third-order valence-corrected chi connectivity index (χ3v) is 4.28. The fourth-order valence-corrected chi connectivity index (χ4v) is 2.91. The smallest absolute Gasteiger partial charge is 0.163 e. The molecule has 0 aliphatic rings. The summed E-state index contributed by atoms with van der Waals surface area (Å²) >= 11 is 0. The van der Waals surface area contributed by atoms with Crippen LogP contribution in [0.2, 0.25) is 0 Å². The monoisotopic (exact) mass is 429 g/mol. The number of benzene rings is 2. The Kier molecular flexibility index (Phi) is 8.69. The van der Waals surface area contributed by atoms with Crippen LogP contribution in [0.1, 0.15) is 5.56 Å². The number of nitrogen functional groups attached to an aromatic ring is 1. The van der Waals surface area contributed by atoms with E-state index in [0.29, 0.717) is 66.0 Å². The Labute approximate surface area is 181 Å². The van der Waals surface area contributed by atoms with E-state index in [4.69, 9.17) is 31.1 Å². The van der Waals surface area contributed by atoms with Crippen molar-refractivity contribution in [2.24, 2.45) is 0 Å². The number of anilines is 1. The molecule has 7 nitrogen and oxygen atoms in total. The Bertz CT molecular complexity index is 1040. The van der Waals surface area contributed by atoms with Crippen LogP contribution in [-0.2, 0) is 9.47 Å². The maximum atomic E-state index is 6.22. The van der Waals surface area contributed by atoms with Crippen molar-refractivity contribution in [1.82, 2.24) is 9.97 Å². The molecule has 0 aliphatic heterocycles. The van der Waals surface area contributed by atoms with Gasteiger partial charge in [0.25, 0.3) is 0 Å². The Morgan fingerprint density at radius 3 is 2.27 bits per heavy atom. The van der Waals surface area contributed by atoms with E-state index in [1.54, 1.807) is 20.3 Å². The highest BCUT2D eigenvalue weighted by molar-refractivity contribution is 5.98. The number of hydrogen-bond donors (Lipinski definition) is 1. The molecule has 3 aromatic rings. The molecular formula is C22H24ClN3O4. The maximum absolute atomic E-state index is 6.22. The number of fused-ring (bicyclic) bond motifs is 1. The fraction of sp³-hybridized carbons (Fsp3) is 0.273. The van der Waals surface area contributed by atoms with Crippen LogP contribution in [0.15, 0.2) is 36.7 Å². The molecule has 0 amide bonds. The predicted molar refractivity (Wildman–Crippen MR) is 119 cm³/mol. The number of aromatic nitrogens is 2. The average molecular weight is 430 g/mol. The quantitative estimate of drug-likeness (QED) is 0.317. The molecule has 0 spiro atoms. The first-order chi connectivity index (χ1) is 14.2. The van der Waals surface area contributed by atoms with Gasteiger partial charge in [0.15, 0.2) is 11.5 Å². The van der Waals surface area contributed by atoms with E-state index in [9.17, 15) is 0 Å². The molecule has 8 heteroatoms. The lowest BCUT2D eigenvalue weighted by atomic mass is 9.99. The van der Waals surface area contributed by atoms with Crippen molar-refractivity contribution in [2.45, 2.75) is 0 Å². The summed E-state index contributed by atoms with van der Waals surface area (Å²) in [5.74, 6) is 3.79. The summed E-state index contributed by atoms with van der Waals surface area (Å²) in [6.45, 7) is 1.65. The Morgan fingerprint density at radius 2 is 1.63 bits per heavy atom. The number of nitrogens with two attached hydrogens (primary N) is 1. The SMILES string of the molecule is C#Cc1cccc(N)c1-c1ncnc2cc(OCCOC)c(OCCOC)cc12.Cl. The van der Waals surface area contributed by atoms with Gasteiger partial charge in [0, 0.05) is 42.5 Å². The number of ether oxygens (including phenoxy) is 4. The standard InChI is InChI=1S/C22H23N3O4.ClH/c1-4-15-6-5-7-17(23)21(15)22-16-12-19(28-10-8-26-2)20(29-11-9-27-3)13-18(16)24-14-25-22;/h1,5-7,12-14H,8-11,23H2,2-3H3;1H. The number of rotatable bonds is 9. The van der Waals surface area contributed by atoms with E-state index in [0.717, 1.165) is 5.39 Å². The van der Waals surface area contributed by atoms with E-state index in [-0.39, 0.29) is 12.4 Å². The minimum Gasteiger partial charge on any atom is -0.487 e. The molecule has 2 aromatic carbocycles. The van der Waals surface area contributed by atoms with E-state index in [1.165, 1.54) is 6.33 Å². The minimum absolute atomic E-state index is 0. The molecule has 30 heavy (non-hydrogen) atoms. The van der Waals surface area contributed by atoms with Gasteiger partial charge in [-0.2, -0.15) is 0 Å². The Hall–Kier alpha value is -3.05. The van der Waals surface area contributed by atoms with Crippen LogP contribution in [-0.4, -0.2) is 50.6 Å². The first kappa shape index (κ1) is 23.2. The molecule has 0 saturated carbocycles. The van der Waals surface area contributed by atoms with Crippen molar-refractivity contribution in [3.63, 3.8) is 0 Å². The highest BCUT2D eigenvalue weighted by Crippen LogP contribution is 2.38. The summed E-state index contributed by atoms with van der Waals surface area (Å²) in [5.41, 5.74) is 9.45. The second-order valence-corrected chi connectivity index (χ2v) is 6.14. The van der Waals surface area contributed by atoms with Gasteiger partial charge in [0.1, 0.15) is 19.5 Å². The summed E-state index contributed by atoms with van der Waals surface area (Å²) < 4.78 is 21.8. The van der Waals surface area contributed by atoms with Crippen LogP contribution in [0.5, 0.6) is 11.5 Å². The van der Waals surface area contributed by atoms with E-state index in [1.807, 2.05) is 24.3 Å². The first-order valence-corrected chi connectivity index (χ1v) is 9.07. The first-order valence-electron chi connectivity index (χ1n) is 9.07. The Balaban J connectivity index is 0.00000320. The Morgan fingerprint density at radius 1 is 0.967 bits per heavy atom. The lowest BCUT2D eigenvalue weighted by Crippen LogP contribution is -2.09. The van der Waals surface area contributed by atoms with E-state index < -0.39 is 0 Å². The highest BCUT2D eigenvalue weighted by Gasteiger charge is 2.17. The normalized spacial score (nSPS) is 10.3. The van der Waals surface area contributed by atoms with Gasteiger partial charge in [0.05, 0.1) is 24.4 Å². The average Bonchev–Trinajstić information content (AvgIpc) is 2.73. The summed E-state index contributed by atoms with van der Waals surface area (Å²) in [6.07, 6.45) is 7.17. The zero-order valence-corrected chi connectivity index (χ0v) is 17.7. The fourth-order valence-electron chi connectivity index (χ4n) is 2.91. The molecule has 0 fully saturated rings. The molecule has 1 aromatic heterocycles. The number of terminal acetylenes is 1. The second-order valence-electron chi connectivity index (χ2n) is 6.14. The highest BCUT2D eigenvalue weighted by atomic mass is 35.5. The number of halogens is 1. The van der Waals surface area contributed by atoms with Gasteiger partial charge in [-0.15, -0.1) is 18.8 Å². The largest absolute Gasteiger partial charge is 0.487 e. The van der Waals surface area contributed by atoms with Gasteiger partial charge in [-0.25, -0.2) is 9.97 Å².